The topological polar surface area (TPSA) is 60.5 Å². The van der Waals surface area contributed by atoms with Gasteiger partial charge in [0.05, 0.1) is 11.9 Å². The molecular formula is C26H30ClN5O. The molecule has 2 N–H and O–H groups in total. The smallest absolute Gasteiger partial charge is 0.247 e. The number of hydrogen-bond donors (Lipinski definition) is 2. The third kappa shape index (κ3) is 6.54. The molecule has 0 bridgehead atoms. The molecule has 1 saturated heterocycles. The Balaban J connectivity index is 1.39. The van der Waals surface area contributed by atoms with Crippen LogP contribution in [0.4, 0.5) is 11.5 Å². The van der Waals surface area contributed by atoms with Crippen molar-refractivity contribution < 1.29 is 4.79 Å². The molecule has 1 aromatic heterocycles. The van der Waals surface area contributed by atoms with E-state index in [0.29, 0.717) is 12.4 Å². The Labute approximate surface area is 200 Å². The first-order valence-corrected chi connectivity index (χ1v) is 11.7. The lowest BCUT2D eigenvalue weighted by Gasteiger charge is -2.33. The molecule has 7 heteroatoms. The number of rotatable bonds is 8. The maximum atomic E-state index is 13.2. The summed E-state index contributed by atoms with van der Waals surface area (Å²) in [6.45, 7) is 4.71. The van der Waals surface area contributed by atoms with Gasteiger partial charge in [0.15, 0.2) is 0 Å². The number of benzene rings is 2. The van der Waals surface area contributed by atoms with Gasteiger partial charge in [-0.25, -0.2) is 4.98 Å². The average Bonchev–Trinajstić information content (AvgIpc) is 2.84. The normalized spacial score (nSPS) is 15.3. The van der Waals surface area contributed by atoms with E-state index >= 15 is 0 Å². The number of piperazine rings is 1. The quantitative estimate of drug-likeness (QED) is 0.528. The molecule has 0 spiro atoms. The number of likely N-dealkylation sites (N-methyl/N-ethyl adjacent to an activating group) is 1. The van der Waals surface area contributed by atoms with Crippen molar-refractivity contribution in [2.24, 2.45) is 0 Å². The first-order valence-electron chi connectivity index (χ1n) is 11.3. The summed E-state index contributed by atoms with van der Waals surface area (Å²) in [7, 11) is 2.14. The largest absolute Gasteiger partial charge is 0.368 e. The predicted octanol–water partition coefficient (Wildman–Crippen LogP) is 4.00. The molecule has 0 saturated carbocycles. The number of pyridine rings is 1. The van der Waals surface area contributed by atoms with Gasteiger partial charge in [-0.2, -0.15) is 0 Å². The summed E-state index contributed by atoms with van der Waals surface area (Å²) in [6.07, 6.45) is 2.64. The molecular weight excluding hydrogens is 434 g/mol. The minimum absolute atomic E-state index is 0.128. The molecule has 1 aliphatic heterocycles. The second kappa shape index (κ2) is 11.3. The minimum atomic E-state index is -0.474. The van der Waals surface area contributed by atoms with Gasteiger partial charge in [0.2, 0.25) is 5.91 Å². The number of anilines is 2. The van der Waals surface area contributed by atoms with Gasteiger partial charge in [0.25, 0.3) is 0 Å². The molecule has 33 heavy (non-hydrogen) atoms. The van der Waals surface area contributed by atoms with Gasteiger partial charge in [-0.3, -0.25) is 4.79 Å². The lowest BCUT2D eigenvalue weighted by molar-refractivity contribution is -0.118. The maximum Gasteiger partial charge on any atom is 0.247 e. The highest BCUT2D eigenvalue weighted by molar-refractivity contribution is 6.30. The van der Waals surface area contributed by atoms with Gasteiger partial charge >= 0.3 is 0 Å². The van der Waals surface area contributed by atoms with Crippen LogP contribution in [0.5, 0.6) is 0 Å². The van der Waals surface area contributed by atoms with Crippen molar-refractivity contribution in [3.8, 4) is 0 Å². The van der Waals surface area contributed by atoms with Gasteiger partial charge < -0.3 is 20.4 Å². The summed E-state index contributed by atoms with van der Waals surface area (Å²) in [5, 5.41) is 7.10. The Hall–Kier alpha value is -2.93. The number of nitrogens with one attached hydrogen (secondary N) is 2. The summed E-state index contributed by atoms with van der Waals surface area (Å²) >= 11 is 5.98. The number of carbonyl (C=O) groups excluding carboxylic acids is 1. The van der Waals surface area contributed by atoms with E-state index < -0.39 is 6.04 Å². The first kappa shape index (κ1) is 23.2. The van der Waals surface area contributed by atoms with Crippen molar-refractivity contribution >= 4 is 29.0 Å². The molecule has 6 nitrogen and oxygen atoms in total. The third-order valence-corrected chi connectivity index (χ3v) is 6.19. The molecule has 1 amide bonds. The van der Waals surface area contributed by atoms with Crippen LogP contribution < -0.4 is 15.5 Å². The molecule has 1 atom stereocenters. The monoisotopic (exact) mass is 463 g/mol. The number of hydrogen-bond acceptors (Lipinski definition) is 5. The van der Waals surface area contributed by atoms with Crippen molar-refractivity contribution in [2.75, 3.05) is 50.0 Å². The van der Waals surface area contributed by atoms with Crippen LogP contribution in [-0.2, 0) is 11.2 Å². The highest BCUT2D eigenvalue weighted by Crippen LogP contribution is 2.19. The van der Waals surface area contributed by atoms with E-state index in [1.165, 1.54) is 5.56 Å². The Morgan fingerprint density at radius 2 is 1.73 bits per heavy atom. The average molecular weight is 464 g/mol. The fraction of sp³-hybridized carbons (Fsp3) is 0.308. The van der Waals surface area contributed by atoms with Gasteiger partial charge in [-0.15, -0.1) is 0 Å². The Bertz CT molecular complexity index is 1020. The van der Waals surface area contributed by atoms with Crippen LogP contribution >= 0.6 is 11.6 Å². The fourth-order valence-electron chi connectivity index (χ4n) is 3.93. The number of nitrogens with zero attached hydrogens (tertiary/aromatic N) is 3. The van der Waals surface area contributed by atoms with Crippen LogP contribution in [0.15, 0.2) is 72.9 Å². The third-order valence-electron chi connectivity index (χ3n) is 5.94. The van der Waals surface area contributed by atoms with Crippen molar-refractivity contribution in [3.63, 3.8) is 0 Å². The Morgan fingerprint density at radius 1 is 1.00 bits per heavy atom. The molecule has 2 heterocycles. The zero-order chi connectivity index (χ0) is 23.0. The molecule has 0 aliphatic carbocycles. The Kier molecular flexibility index (Phi) is 7.94. The van der Waals surface area contributed by atoms with Crippen LogP contribution in [0.25, 0.3) is 0 Å². The summed E-state index contributed by atoms with van der Waals surface area (Å²) in [5.74, 6) is 0.426. The second-order valence-electron chi connectivity index (χ2n) is 8.36. The summed E-state index contributed by atoms with van der Waals surface area (Å²) in [6, 6.07) is 21.0. The van der Waals surface area contributed by atoms with Crippen LogP contribution in [0.3, 0.4) is 0 Å². The maximum absolute atomic E-state index is 13.2. The van der Waals surface area contributed by atoms with Crippen LogP contribution in [0.2, 0.25) is 5.02 Å². The standard InChI is InChI=1S/C26H30ClN5O/c1-31-15-17-32(18-16-31)23-11-12-24(29-19-23)30-26(33)25(21-5-3-2-4-6-21)28-14-13-20-7-9-22(27)10-8-20/h2-12,19,25,28H,13-18H2,1H3,(H,29,30,33). The second-order valence-corrected chi connectivity index (χ2v) is 8.79. The fourth-order valence-corrected chi connectivity index (χ4v) is 4.06. The Morgan fingerprint density at radius 3 is 2.39 bits per heavy atom. The lowest BCUT2D eigenvalue weighted by atomic mass is 10.1. The van der Waals surface area contributed by atoms with Crippen molar-refractivity contribution in [3.05, 3.63) is 89.1 Å². The van der Waals surface area contributed by atoms with Gasteiger partial charge in [-0.1, -0.05) is 54.1 Å². The number of aromatic nitrogens is 1. The molecule has 172 valence electrons. The number of halogens is 1. The number of amides is 1. The summed E-state index contributed by atoms with van der Waals surface area (Å²) < 4.78 is 0. The van der Waals surface area contributed by atoms with Crippen molar-refractivity contribution in [1.82, 2.24) is 15.2 Å². The molecule has 3 aromatic rings. The molecule has 4 rings (SSSR count). The van der Waals surface area contributed by atoms with E-state index in [9.17, 15) is 4.79 Å². The molecule has 1 unspecified atom stereocenters. The summed E-state index contributed by atoms with van der Waals surface area (Å²) in [4.78, 5) is 22.3. The van der Waals surface area contributed by atoms with E-state index in [4.69, 9.17) is 11.6 Å². The van der Waals surface area contributed by atoms with Crippen LogP contribution in [-0.4, -0.2) is 55.6 Å². The minimum Gasteiger partial charge on any atom is -0.368 e. The van der Waals surface area contributed by atoms with Gasteiger partial charge in [0, 0.05) is 37.7 Å². The lowest BCUT2D eigenvalue weighted by Crippen LogP contribution is -2.44. The zero-order valence-corrected chi connectivity index (χ0v) is 19.6. The van der Waals surface area contributed by atoms with E-state index in [2.05, 4.69) is 32.5 Å². The summed E-state index contributed by atoms with van der Waals surface area (Å²) in [5.41, 5.74) is 3.17. The molecule has 0 radical (unpaired) electrons. The highest BCUT2D eigenvalue weighted by atomic mass is 35.5. The predicted molar refractivity (Wildman–Crippen MR) is 135 cm³/mol. The number of carbonyl (C=O) groups is 1. The zero-order valence-electron chi connectivity index (χ0n) is 18.9. The van der Waals surface area contributed by atoms with Gasteiger partial charge in [-0.05, 0) is 48.9 Å². The molecule has 2 aromatic carbocycles. The molecule has 1 aliphatic rings. The van der Waals surface area contributed by atoms with Crippen LogP contribution in [0, 0.1) is 0 Å². The van der Waals surface area contributed by atoms with E-state index in [1.807, 2.05) is 72.9 Å². The van der Waals surface area contributed by atoms with E-state index in [0.717, 1.165) is 48.9 Å². The highest BCUT2D eigenvalue weighted by Gasteiger charge is 2.21. The van der Waals surface area contributed by atoms with Crippen molar-refractivity contribution in [2.45, 2.75) is 12.5 Å². The van der Waals surface area contributed by atoms with Crippen LogP contribution in [0.1, 0.15) is 17.2 Å². The van der Waals surface area contributed by atoms with Crippen molar-refractivity contribution in [1.29, 1.82) is 0 Å². The van der Waals surface area contributed by atoms with E-state index in [-0.39, 0.29) is 5.91 Å². The SMILES string of the molecule is CN1CCN(c2ccc(NC(=O)C(NCCc3ccc(Cl)cc3)c3ccccc3)nc2)CC1. The van der Waals surface area contributed by atoms with Gasteiger partial charge in [0.1, 0.15) is 11.9 Å². The molecule has 1 fully saturated rings. The first-order chi connectivity index (χ1) is 16.1. The van der Waals surface area contributed by atoms with E-state index in [1.54, 1.807) is 0 Å².